The van der Waals surface area contributed by atoms with Gasteiger partial charge in [0.2, 0.25) is 0 Å². The zero-order valence-electron chi connectivity index (χ0n) is 10.9. The van der Waals surface area contributed by atoms with Crippen LogP contribution in [0.4, 0.5) is 0 Å². The van der Waals surface area contributed by atoms with E-state index in [0.29, 0.717) is 13.0 Å². The lowest BCUT2D eigenvalue weighted by molar-refractivity contribution is -0.145. The van der Waals surface area contributed by atoms with E-state index in [1.807, 2.05) is 0 Å². The maximum atomic E-state index is 10.3. The molecule has 0 bridgehead atoms. The van der Waals surface area contributed by atoms with Gasteiger partial charge in [0.25, 0.3) is 0 Å². The molecule has 0 aliphatic carbocycles. The Bertz CT molecular complexity index is 287. The standard InChI is InChI=1S/C12H23NO6/c14-7-8-11(18)12(19)9(15)6-13(8)5-3-1-2-4-10(16)17/h8-9,11-12,14-15,18-19H,1-7H2,(H,16,17)/t8-,9-,11-,12+/m0/s1. The number of aliphatic hydroxyl groups is 4. The Kier molecular flexibility index (Phi) is 6.67. The molecule has 5 N–H and O–H groups in total. The summed E-state index contributed by atoms with van der Waals surface area (Å²) >= 11 is 0. The van der Waals surface area contributed by atoms with Crippen molar-refractivity contribution >= 4 is 5.97 Å². The van der Waals surface area contributed by atoms with Crippen LogP contribution >= 0.6 is 0 Å². The fourth-order valence-corrected chi connectivity index (χ4v) is 2.40. The lowest BCUT2D eigenvalue weighted by Gasteiger charge is -2.43. The van der Waals surface area contributed by atoms with Gasteiger partial charge in [-0.1, -0.05) is 6.42 Å². The highest BCUT2D eigenvalue weighted by Gasteiger charge is 2.40. The van der Waals surface area contributed by atoms with Crippen LogP contribution in [0.3, 0.4) is 0 Å². The molecule has 1 heterocycles. The molecule has 1 aliphatic heterocycles. The monoisotopic (exact) mass is 277 g/mol. The normalized spacial score (nSPS) is 32.4. The second kappa shape index (κ2) is 7.76. The van der Waals surface area contributed by atoms with E-state index in [0.717, 1.165) is 12.8 Å². The second-order valence-corrected chi connectivity index (χ2v) is 5.00. The van der Waals surface area contributed by atoms with Crippen molar-refractivity contribution in [1.82, 2.24) is 4.90 Å². The number of carboxylic acid groups (broad SMARTS) is 1. The Morgan fingerprint density at radius 2 is 1.79 bits per heavy atom. The minimum atomic E-state index is -1.24. The Hall–Kier alpha value is -0.730. The predicted molar refractivity (Wildman–Crippen MR) is 66.6 cm³/mol. The summed E-state index contributed by atoms with van der Waals surface area (Å²) in [6.07, 6.45) is -1.27. The average Bonchev–Trinajstić information content (AvgIpc) is 2.35. The molecule has 1 rings (SSSR count). The number of likely N-dealkylation sites (tertiary alicyclic amines) is 1. The van der Waals surface area contributed by atoms with Crippen LogP contribution in [-0.4, -0.2) is 80.5 Å². The summed E-state index contributed by atoms with van der Waals surface area (Å²) in [5, 5.41) is 46.6. The molecule has 0 radical (unpaired) electrons. The fraction of sp³-hybridized carbons (Fsp3) is 0.917. The predicted octanol–water partition coefficient (Wildman–Crippen LogP) is -1.61. The Morgan fingerprint density at radius 3 is 2.37 bits per heavy atom. The number of hydrogen-bond donors (Lipinski definition) is 5. The number of β-amino-alcohol motifs (C(OH)–C–C–N with tert-alkyl or cyclic N) is 1. The largest absolute Gasteiger partial charge is 0.481 e. The van der Waals surface area contributed by atoms with Gasteiger partial charge >= 0.3 is 5.97 Å². The first-order valence-electron chi connectivity index (χ1n) is 6.58. The highest BCUT2D eigenvalue weighted by Crippen LogP contribution is 2.19. The molecule has 112 valence electrons. The third kappa shape index (κ3) is 4.70. The van der Waals surface area contributed by atoms with Crippen LogP contribution in [0.25, 0.3) is 0 Å². The van der Waals surface area contributed by atoms with E-state index in [-0.39, 0.29) is 19.6 Å². The molecule has 0 spiro atoms. The number of aliphatic hydroxyl groups excluding tert-OH is 4. The first-order chi connectivity index (χ1) is 8.97. The second-order valence-electron chi connectivity index (χ2n) is 5.00. The molecule has 1 aliphatic rings. The van der Waals surface area contributed by atoms with Gasteiger partial charge in [-0.2, -0.15) is 0 Å². The third-order valence-corrected chi connectivity index (χ3v) is 3.55. The van der Waals surface area contributed by atoms with Gasteiger partial charge in [0, 0.05) is 13.0 Å². The summed E-state index contributed by atoms with van der Waals surface area (Å²) < 4.78 is 0. The van der Waals surface area contributed by atoms with E-state index in [9.17, 15) is 25.2 Å². The van der Waals surface area contributed by atoms with Gasteiger partial charge in [0.15, 0.2) is 0 Å². The number of hydrogen-bond acceptors (Lipinski definition) is 6. The van der Waals surface area contributed by atoms with Crippen molar-refractivity contribution in [1.29, 1.82) is 0 Å². The van der Waals surface area contributed by atoms with Gasteiger partial charge < -0.3 is 25.5 Å². The quantitative estimate of drug-likeness (QED) is 0.355. The van der Waals surface area contributed by atoms with Gasteiger partial charge in [-0.3, -0.25) is 9.69 Å². The minimum absolute atomic E-state index is 0.132. The number of piperidine rings is 1. The van der Waals surface area contributed by atoms with E-state index in [1.54, 1.807) is 4.90 Å². The van der Waals surface area contributed by atoms with Crippen LogP contribution in [0.2, 0.25) is 0 Å². The lowest BCUT2D eigenvalue weighted by atomic mass is 9.94. The highest BCUT2D eigenvalue weighted by atomic mass is 16.4. The zero-order chi connectivity index (χ0) is 14.4. The SMILES string of the molecule is O=C(O)CCCCCN1C[C@H](O)[C@@H](O)[C@@H](O)[C@@H]1CO. The summed E-state index contributed by atoms with van der Waals surface area (Å²) in [5.41, 5.74) is 0. The molecule has 0 aromatic rings. The zero-order valence-corrected chi connectivity index (χ0v) is 10.9. The smallest absolute Gasteiger partial charge is 0.303 e. The van der Waals surface area contributed by atoms with Crippen LogP contribution in [0.15, 0.2) is 0 Å². The van der Waals surface area contributed by atoms with E-state index >= 15 is 0 Å². The molecular formula is C12H23NO6. The summed E-state index contributed by atoms with van der Waals surface area (Å²) in [6.45, 7) is 0.453. The molecule has 0 saturated carbocycles. The van der Waals surface area contributed by atoms with Crippen molar-refractivity contribution in [3.05, 3.63) is 0 Å². The third-order valence-electron chi connectivity index (χ3n) is 3.55. The van der Waals surface area contributed by atoms with Crippen molar-refractivity contribution in [3.8, 4) is 0 Å². The number of carboxylic acids is 1. The molecule has 1 fully saturated rings. The van der Waals surface area contributed by atoms with Crippen LogP contribution in [-0.2, 0) is 4.79 Å². The lowest BCUT2D eigenvalue weighted by Crippen LogP contribution is -2.62. The van der Waals surface area contributed by atoms with Gasteiger partial charge in [0.05, 0.1) is 18.8 Å². The van der Waals surface area contributed by atoms with Crippen molar-refractivity contribution in [2.75, 3.05) is 19.7 Å². The summed E-state index contributed by atoms with van der Waals surface area (Å²) in [7, 11) is 0. The minimum Gasteiger partial charge on any atom is -0.481 e. The molecule has 0 amide bonds. The highest BCUT2D eigenvalue weighted by molar-refractivity contribution is 5.66. The number of rotatable bonds is 7. The topological polar surface area (TPSA) is 121 Å². The molecule has 7 heteroatoms. The molecule has 7 nitrogen and oxygen atoms in total. The fourth-order valence-electron chi connectivity index (χ4n) is 2.40. The number of nitrogens with zero attached hydrogens (tertiary/aromatic N) is 1. The van der Waals surface area contributed by atoms with Crippen LogP contribution in [0.5, 0.6) is 0 Å². The van der Waals surface area contributed by atoms with Crippen molar-refractivity contribution in [2.24, 2.45) is 0 Å². The van der Waals surface area contributed by atoms with Crippen molar-refractivity contribution < 1.29 is 30.3 Å². The summed E-state index contributed by atoms with van der Waals surface area (Å²) in [5.74, 6) is -0.819. The summed E-state index contributed by atoms with van der Waals surface area (Å²) in [6, 6.07) is -0.585. The van der Waals surface area contributed by atoms with Gasteiger partial charge in [0.1, 0.15) is 12.2 Å². The summed E-state index contributed by atoms with van der Waals surface area (Å²) in [4.78, 5) is 12.1. The molecule has 0 aromatic heterocycles. The van der Waals surface area contributed by atoms with Crippen LogP contribution in [0.1, 0.15) is 25.7 Å². The molecule has 19 heavy (non-hydrogen) atoms. The van der Waals surface area contributed by atoms with Gasteiger partial charge in [-0.05, 0) is 19.4 Å². The Labute approximate surface area is 112 Å². The maximum Gasteiger partial charge on any atom is 0.303 e. The van der Waals surface area contributed by atoms with Crippen molar-refractivity contribution in [3.63, 3.8) is 0 Å². The average molecular weight is 277 g/mol. The Morgan fingerprint density at radius 1 is 1.11 bits per heavy atom. The van der Waals surface area contributed by atoms with E-state index in [4.69, 9.17) is 5.11 Å². The van der Waals surface area contributed by atoms with Gasteiger partial charge in [-0.15, -0.1) is 0 Å². The van der Waals surface area contributed by atoms with Crippen LogP contribution < -0.4 is 0 Å². The van der Waals surface area contributed by atoms with E-state index in [2.05, 4.69) is 0 Å². The molecular weight excluding hydrogens is 254 g/mol. The Balaban J connectivity index is 2.36. The molecule has 0 aromatic carbocycles. The van der Waals surface area contributed by atoms with Gasteiger partial charge in [-0.25, -0.2) is 0 Å². The first kappa shape index (κ1) is 16.3. The maximum absolute atomic E-state index is 10.3. The molecule has 1 saturated heterocycles. The van der Waals surface area contributed by atoms with E-state index < -0.39 is 30.3 Å². The van der Waals surface area contributed by atoms with Crippen LogP contribution in [0, 0.1) is 0 Å². The number of carbonyl (C=O) groups is 1. The van der Waals surface area contributed by atoms with Crippen molar-refractivity contribution in [2.45, 2.75) is 50.0 Å². The first-order valence-corrected chi connectivity index (χ1v) is 6.58. The van der Waals surface area contributed by atoms with E-state index in [1.165, 1.54) is 0 Å². The molecule has 0 unspecified atom stereocenters. The number of aliphatic carboxylic acids is 1. The molecule has 4 atom stereocenters. The number of unbranched alkanes of at least 4 members (excludes halogenated alkanes) is 2.